The van der Waals surface area contributed by atoms with E-state index in [4.69, 9.17) is 18.9 Å². The zero-order valence-corrected chi connectivity index (χ0v) is 28.7. The van der Waals surface area contributed by atoms with Gasteiger partial charge < -0.3 is 34.5 Å². The average molecular weight is 704 g/mol. The van der Waals surface area contributed by atoms with Gasteiger partial charge in [-0.1, -0.05) is 0 Å². The normalized spacial score (nSPS) is 16.2. The summed E-state index contributed by atoms with van der Waals surface area (Å²) in [6.45, 7) is 6.15. The lowest BCUT2D eigenvalue weighted by Gasteiger charge is -2.36. The minimum Gasteiger partial charge on any atom is -0.493 e. The fourth-order valence-electron chi connectivity index (χ4n) is 5.78. The number of fused-ring (bicyclic) bond motifs is 1. The van der Waals surface area contributed by atoms with Crippen LogP contribution >= 0.6 is 0 Å². The first-order valence-corrected chi connectivity index (χ1v) is 16.6. The summed E-state index contributed by atoms with van der Waals surface area (Å²) >= 11 is 0. The molecule has 12 nitrogen and oxygen atoms in total. The standard InChI is InChI=1S/C37H39F2N5O7/c1-36(2,3)51-35(47)44-15-11-22(12-16-44)32(50-31-19-28-23(17-30(31)48-4)20-40-21-41-28)49-29-10-9-26(18-27(29)39)43-34(46)37(13-14-37)33(45)42-25-7-5-24(38)6-8-25/h5-10,17-22,32H,11-16H2,1-4H3,(H,42,45)(H,43,46). The molecule has 2 aliphatic rings. The van der Waals surface area contributed by atoms with Crippen LogP contribution in [0.25, 0.3) is 10.9 Å². The molecule has 1 aromatic heterocycles. The topological polar surface area (TPSA) is 141 Å². The fourth-order valence-corrected chi connectivity index (χ4v) is 5.78. The van der Waals surface area contributed by atoms with Crippen LogP contribution in [0.15, 0.2) is 67.1 Å². The zero-order valence-electron chi connectivity index (χ0n) is 28.7. The molecule has 1 saturated heterocycles. The molecule has 2 N–H and O–H groups in total. The van der Waals surface area contributed by atoms with E-state index >= 15 is 4.39 Å². The highest BCUT2D eigenvalue weighted by Gasteiger charge is 2.56. The second-order valence-electron chi connectivity index (χ2n) is 13.6. The van der Waals surface area contributed by atoms with Gasteiger partial charge in [0.1, 0.15) is 23.2 Å². The summed E-state index contributed by atoms with van der Waals surface area (Å²) in [5.41, 5.74) is -0.876. The number of hydrogen-bond donors (Lipinski definition) is 2. The number of nitrogens with one attached hydrogen (secondary N) is 2. The molecule has 3 aromatic carbocycles. The molecule has 4 aromatic rings. The molecule has 2 fully saturated rings. The molecule has 3 amide bonds. The minimum absolute atomic E-state index is 0.129. The monoisotopic (exact) mass is 703 g/mol. The van der Waals surface area contributed by atoms with E-state index in [1.807, 2.05) is 0 Å². The van der Waals surface area contributed by atoms with Crippen LogP contribution in [0.4, 0.5) is 25.0 Å². The Hall–Kier alpha value is -5.53. The van der Waals surface area contributed by atoms with Crippen molar-refractivity contribution in [3.63, 3.8) is 0 Å². The Morgan fingerprint density at radius 3 is 2.16 bits per heavy atom. The van der Waals surface area contributed by atoms with Crippen molar-refractivity contribution in [2.75, 3.05) is 30.8 Å². The largest absolute Gasteiger partial charge is 0.493 e. The summed E-state index contributed by atoms with van der Waals surface area (Å²) in [7, 11) is 1.50. The predicted octanol–water partition coefficient (Wildman–Crippen LogP) is 6.71. The van der Waals surface area contributed by atoms with Gasteiger partial charge >= 0.3 is 6.09 Å². The molecule has 268 valence electrons. The van der Waals surface area contributed by atoms with Gasteiger partial charge in [-0.25, -0.2) is 23.5 Å². The summed E-state index contributed by atoms with van der Waals surface area (Å²) < 4.78 is 52.7. The number of methoxy groups -OCH3 is 1. The van der Waals surface area contributed by atoms with Crippen LogP contribution in [-0.4, -0.2) is 64.9 Å². The quantitative estimate of drug-likeness (QED) is 0.136. The Balaban J connectivity index is 1.18. The number of carbonyl (C=O) groups is 3. The summed E-state index contributed by atoms with van der Waals surface area (Å²) in [6, 6.07) is 12.6. The summed E-state index contributed by atoms with van der Waals surface area (Å²) in [5, 5.41) is 6.02. The number of likely N-dealkylation sites (tertiary alicyclic amines) is 1. The highest BCUT2D eigenvalue weighted by Crippen LogP contribution is 2.47. The summed E-state index contributed by atoms with van der Waals surface area (Å²) in [6.07, 6.45) is 3.20. The minimum atomic E-state index is -1.32. The van der Waals surface area contributed by atoms with Crippen LogP contribution in [0.5, 0.6) is 17.2 Å². The molecular formula is C37H39F2N5O7. The van der Waals surface area contributed by atoms with Crippen LogP contribution in [0.3, 0.4) is 0 Å². The van der Waals surface area contributed by atoms with Gasteiger partial charge in [0.05, 0.1) is 12.6 Å². The molecule has 51 heavy (non-hydrogen) atoms. The second kappa shape index (κ2) is 14.4. The number of aromatic nitrogens is 2. The molecule has 14 heteroatoms. The van der Waals surface area contributed by atoms with Crippen molar-refractivity contribution >= 4 is 40.2 Å². The highest BCUT2D eigenvalue weighted by molar-refractivity contribution is 6.16. The molecule has 6 rings (SSSR count). The third kappa shape index (κ3) is 8.27. The van der Waals surface area contributed by atoms with Crippen LogP contribution < -0.4 is 24.8 Å². The highest BCUT2D eigenvalue weighted by atomic mass is 19.1. The van der Waals surface area contributed by atoms with E-state index < -0.39 is 46.8 Å². The van der Waals surface area contributed by atoms with Gasteiger partial charge in [-0.3, -0.25) is 9.59 Å². The second-order valence-corrected chi connectivity index (χ2v) is 13.6. The number of halogens is 2. The lowest BCUT2D eigenvalue weighted by molar-refractivity contribution is -0.131. The Morgan fingerprint density at radius 2 is 1.53 bits per heavy atom. The van der Waals surface area contributed by atoms with Crippen molar-refractivity contribution in [1.29, 1.82) is 0 Å². The van der Waals surface area contributed by atoms with E-state index in [2.05, 4.69) is 20.6 Å². The molecule has 0 radical (unpaired) electrons. The average Bonchev–Trinajstić information content (AvgIpc) is 3.92. The molecule has 0 spiro atoms. The van der Waals surface area contributed by atoms with E-state index in [0.29, 0.717) is 61.5 Å². The van der Waals surface area contributed by atoms with Gasteiger partial charge in [0, 0.05) is 54.1 Å². The maximum absolute atomic E-state index is 15.7. The third-order valence-corrected chi connectivity index (χ3v) is 8.76. The number of ether oxygens (including phenoxy) is 4. The number of carbonyl (C=O) groups excluding carboxylic acids is 3. The maximum Gasteiger partial charge on any atom is 0.410 e. The lowest BCUT2D eigenvalue weighted by Crippen LogP contribution is -2.45. The molecule has 1 atom stereocenters. The first-order chi connectivity index (χ1) is 24.3. The van der Waals surface area contributed by atoms with Gasteiger partial charge in [-0.2, -0.15) is 0 Å². The molecule has 1 aliphatic heterocycles. The van der Waals surface area contributed by atoms with Crippen molar-refractivity contribution in [3.05, 3.63) is 78.8 Å². The van der Waals surface area contributed by atoms with Gasteiger partial charge in [-0.05, 0) is 88.9 Å². The van der Waals surface area contributed by atoms with Gasteiger partial charge in [0.2, 0.25) is 18.1 Å². The lowest BCUT2D eigenvalue weighted by atomic mass is 9.96. The maximum atomic E-state index is 15.7. The van der Waals surface area contributed by atoms with Crippen molar-refractivity contribution < 1.29 is 42.1 Å². The van der Waals surface area contributed by atoms with Gasteiger partial charge in [0.15, 0.2) is 23.1 Å². The van der Waals surface area contributed by atoms with E-state index in [1.165, 1.54) is 49.8 Å². The van der Waals surface area contributed by atoms with Gasteiger partial charge in [-0.15, -0.1) is 0 Å². The predicted molar refractivity (Wildman–Crippen MR) is 183 cm³/mol. The van der Waals surface area contributed by atoms with Crippen LogP contribution in [0.2, 0.25) is 0 Å². The molecule has 2 heterocycles. The SMILES string of the molecule is COc1cc2cncnc2cc1OC(Oc1ccc(NC(=O)C2(C(=O)Nc3ccc(F)cc3)CC2)cc1F)C1CCN(C(=O)OC(C)(C)C)CC1. The number of anilines is 2. The van der Waals surface area contributed by atoms with Gasteiger partial charge in [0.25, 0.3) is 0 Å². The van der Waals surface area contributed by atoms with Crippen molar-refractivity contribution in [2.24, 2.45) is 11.3 Å². The third-order valence-electron chi connectivity index (χ3n) is 8.76. The fraction of sp³-hybridized carbons (Fsp3) is 0.378. The van der Waals surface area contributed by atoms with Crippen LogP contribution in [0.1, 0.15) is 46.5 Å². The van der Waals surface area contributed by atoms with Crippen molar-refractivity contribution in [1.82, 2.24) is 14.9 Å². The van der Waals surface area contributed by atoms with E-state index in [-0.39, 0.29) is 17.4 Å². The van der Waals surface area contributed by atoms with E-state index in [1.54, 1.807) is 44.0 Å². The molecule has 1 unspecified atom stereocenters. The summed E-state index contributed by atoms with van der Waals surface area (Å²) in [5.74, 6) is -2.03. The summed E-state index contributed by atoms with van der Waals surface area (Å²) in [4.78, 5) is 48.9. The Bertz CT molecular complexity index is 1920. The smallest absolute Gasteiger partial charge is 0.410 e. The first-order valence-electron chi connectivity index (χ1n) is 16.6. The van der Waals surface area contributed by atoms with Crippen molar-refractivity contribution in [3.8, 4) is 17.2 Å². The molecule has 1 aliphatic carbocycles. The number of nitrogens with zero attached hydrogens (tertiary/aromatic N) is 3. The van der Waals surface area contributed by atoms with Crippen molar-refractivity contribution in [2.45, 2.75) is 58.3 Å². The number of rotatable bonds is 10. The number of amides is 3. The first kappa shape index (κ1) is 35.3. The molecule has 0 bridgehead atoms. The number of hydrogen-bond acceptors (Lipinski definition) is 9. The molecular weight excluding hydrogens is 664 g/mol. The Kier molecular flexibility index (Phi) is 9.95. The van der Waals surface area contributed by atoms with E-state index in [9.17, 15) is 18.8 Å². The molecule has 1 saturated carbocycles. The van der Waals surface area contributed by atoms with Crippen LogP contribution in [-0.2, 0) is 14.3 Å². The zero-order chi connectivity index (χ0) is 36.3. The van der Waals surface area contributed by atoms with Crippen LogP contribution in [0, 0.1) is 23.0 Å². The Labute approximate surface area is 293 Å². The van der Waals surface area contributed by atoms with E-state index in [0.717, 1.165) is 11.5 Å². The number of benzene rings is 3. The Morgan fingerprint density at radius 1 is 0.882 bits per heavy atom. The number of piperidine rings is 1.